The van der Waals surface area contributed by atoms with Crippen LogP contribution in [0.2, 0.25) is 0 Å². The Balaban J connectivity index is 1.84. The first-order valence-electron chi connectivity index (χ1n) is 7.28. The van der Waals surface area contributed by atoms with Crippen molar-refractivity contribution in [3.8, 4) is 0 Å². The van der Waals surface area contributed by atoms with Gasteiger partial charge in [-0.15, -0.1) is 0 Å². The van der Waals surface area contributed by atoms with Crippen LogP contribution in [0.4, 0.5) is 0 Å². The molecule has 0 radical (unpaired) electrons. The number of fused-ring (bicyclic) bond motifs is 7. The van der Waals surface area contributed by atoms with Gasteiger partial charge in [0, 0.05) is 23.8 Å². The van der Waals surface area contributed by atoms with Crippen LogP contribution in [0.25, 0.3) is 0 Å². The lowest BCUT2D eigenvalue weighted by molar-refractivity contribution is 0.425. The second-order valence-electron chi connectivity index (χ2n) is 6.11. The molecule has 0 spiro atoms. The second kappa shape index (κ2) is 3.29. The minimum atomic E-state index is 0.564. The lowest BCUT2D eigenvalue weighted by atomic mass is 9.71. The van der Waals surface area contributed by atoms with Crippen molar-refractivity contribution in [3.63, 3.8) is 0 Å². The van der Waals surface area contributed by atoms with E-state index in [4.69, 9.17) is 0 Å². The predicted molar refractivity (Wildman–Crippen MR) is 77.1 cm³/mol. The van der Waals surface area contributed by atoms with Crippen molar-refractivity contribution >= 4 is 0 Å². The maximum atomic E-state index is 3.60. The molecule has 19 heavy (non-hydrogen) atoms. The Morgan fingerprint density at radius 1 is 1.11 bits per heavy atom. The van der Waals surface area contributed by atoms with E-state index in [-0.39, 0.29) is 0 Å². The van der Waals surface area contributed by atoms with Crippen LogP contribution in [0.5, 0.6) is 0 Å². The summed E-state index contributed by atoms with van der Waals surface area (Å²) >= 11 is 0. The highest BCUT2D eigenvalue weighted by molar-refractivity contribution is 5.69. The molecule has 94 valence electrons. The number of hydrogen-bond donors (Lipinski definition) is 1. The standard InChI is InChI=1S/C18H17N/c1-19-18-14-10-6-2-4-8-12(10)15-16(17(15)18)13-9-5-3-7-11(13)14/h2-8,14-15,17-19H,9H2,1H3. The van der Waals surface area contributed by atoms with Gasteiger partial charge in [0.15, 0.2) is 0 Å². The molecule has 1 aromatic rings. The van der Waals surface area contributed by atoms with Gasteiger partial charge >= 0.3 is 0 Å². The zero-order valence-corrected chi connectivity index (χ0v) is 11.1. The maximum absolute atomic E-state index is 3.60. The van der Waals surface area contributed by atoms with Gasteiger partial charge in [0.2, 0.25) is 0 Å². The van der Waals surface area contributed by atoms with Crippen molar-refractivity contribution < 1.29 is 0 Å². The highest BCUT2D eigenvalue weighted by Gasteiger charge is 2.61. The highest BCUT2D eigenvalue weighted by Crippen LogP contribution is 2.69. The summed E-state index contributed by atoms with van der Waals surface area (Å²) in [5, 5.41) is 3.60. The van der Waals surface area contributed by atoms with Crippen molar-refractivity contribution in [2.24, 2.45) is 5.92 Å². The van der Waals surface area contributed by atoms with Gasteiger partial charge < -0.3 is 5.32 Å². The fraction of sp³-hybridized carbons (Fsp3) is 0.333. The molecule has 1 aromatic carbocycles. The van der Waals surface area contributed by atoms with E-state index in [1.165, 1.54) is 0 Å². The van der Waals surface area contributed by atoms with E-state index in [1.54, 1.807) is 27.8 Å². The Bertz CT molecular complexity index is 677. The molecule has 0 saturated heterocycles. The highest BCUT2D eigenvalue weighted by atomic mass is 14.9. The Labute approximate surface area is 113 Å². The first-order chi connectivity index (χ1) is 9.42. The van der Waals surface area contributed by atoms with E-state index < -0.39 is 0 Å². The van der Waals surface area contributed by atoms with Gasteiger partial charge in [-0.3, -0.25) is 0 Å². The zero-order chi connectivity index (χ0) is 12.6. The van der Waals surface area contributed by atoms with Crippen LogP contribution in [-0.2, 0) is 0 Å². The van der Waals surface area contributed by atoms with Crippen LogP contribution in [0.1, 0.15) is 29.4 Å². The van der Waals surface area contributed by atoms with Crippen LogP contribution < -0.4 is 5.32 Å². The van der Waals surface area contributed by atoms with Crippen molar-refractivity contribution in [2.45, 2.75) is 24.3 Å². The third-order valence-corrected chi connectivity index (χ3v) is 5.46. The number of likely N-dealkylation sites (N-methyl/N-ethyl adjacent to an activating group) is 1. The molecule has 4 unspecified atom stereocenters. The van der Waals surface area contributed by atoms with E-state index >= 15 is 0 Å². The van der Waals surface area contributed by atoms with Gasteiger partial charge in [0.1, 0.15) is 0 Å². The molecule has 4 aliphatic carbocycles. The van der Waals surface area contributed by atoms with Crippen molar-refractivity contribution in [2.75, 3.05) is 7.05 Å². The average Bonchev–Trinajstić information content (AvgIpc) is 3.24. The number of hydrogen-bond acceptors (Lipinski definition) is 1. The van der Waals surface area contributed by atoms with Crippen LogP contribution in [0.15, 0.2) is 59.2 Å². The molecule has 0 amide bonds. The van der Waals surface area contributed by atoms with Gasteiger partial charge in [-0.25, -0.2) is 0 Å². The number of rotatable bonds is 1. The van der Waals surface area contributed by atoms with Crippen LogP contribution in [0.3, 0.4) is 0 Å². The van der Waals surface area contributed by atoms with Crippen molar-refractivity contribution in [1.29, 1.82) is 0 Å². The zero-order valence-electron chi connectivity index (χ0n) is 11.1. The number of nitrogens with one attached hydrogen (secondary N) is 1. The van der Waals surface area contributed by atoms with Gasteiger partial charge in [0.05, 0.1) is 0 Å². The van der Waals surface area contributed by atoms with Crippen molar-refractivity contribution in [3.05, 3.63) is 70.3 Å². The molecule has 0 aromatic heterocycles. The quantitative estimate of drug-likeness (QED) is 0.803. The summed E-state index contributed by atoms with van der Waals surface area (Å²) in [4.78, 5) is 0. The molecule has 1 fully saturated rings. The Morgan fingerprint density at radius 3 is 2.68 bits per heavy atom. The summed E-state index contributed by atoms with van der Waals surface area (Å²) < 4.78 is 0. The van der Waals surface area contributed by atoms with E-state index in [2.05, 4.69) is 54.9 Å². The Morgan fingerprint density at radius 2 is 1.89 bits per heavy atom. The molecule has 1 saturated carbocycles. The number of allylic oxidation sites excluding steroid dienone is 4. The molecule has 4 atom stereocenters. The van der Waals surface area contributed by atoms with Gasteiger partial charge in [-0.2, -0.15) is 0 Å². The summed E-state index contributed by atoms with van der Waals surface area (Å²) in [5.41, 5.74) is 8.14. The van der Waals surface area contributed by atoms with Crippen LogP contribution >= 0.6 is 0 Å². The van der Waals surface area contributed by atoms with Crippen LogP contribution in [-0.4, -0.2) is 13.1 Å². The normalized spacial score (nSPS) is 36.6. The number of benzene rings is 1. The molecule has 5 rings (SSSR count). The molecule has 1 heteroatoms. The summed E-state index contributed by atoms with van der Waals surface area (Å²) in [6, 6.07) is 9.71. The second-order valence-corrected chi connectivity index (χ2v) is 6.11. The first-order valence-corrected chi connectivity index (χ1v) is 7.28. The third kappa shape index (κ3) is 1.07. The molecule has 2 bridgehead atoms. The first kappa shape index (κ1) is 10.2. The minimum absolute atomic E-state index is 0.564. The third-order valence-electron chi connectivity index (χ3n) is 5.46. The molecule has 1 N–H and O–H groups in total. The SMILES string of the molecule is CNC1C2C3=CC=CCC3=C3C(c4ccccc42)C31. The summed E-state index contributed by atoms with van der Waals surface area (Å²) in [6.07, 6.45) is 8.05. The van der Waals surface area contributed by atoms with Gasteiger partial charge in [-0.05, 0) is 35.7 Å². The Kier molecular flexibility index (Phi) is 1.77. The molecule has 0 aliphatic heterocycles. The lowest BCUT2D eigenvalue weighted by Crippen LogP contribution is -2.40. The van der Waals surface area contributed by atoms with Gasteiger partial charge in [-0.1, -0.05) is 48.1 Å². The largest absolute Gasteiger partial charge is 0.315 e. The fourth-order valence-electron chi connectivity index (χ4n) is 4.77. The van der Waals surface area contributed by atoms with Crippen molar-refractivity contribution in [1.82, 2.24) is 5.32 Å². The topological polar surface area (TPSA) is 12.0 Å². The summed E-state index contributed by atoms with van der Waals surface area (Å²) in [6.45, 7) is 0. The van der Waals surface area contributed by atoms with E-state index in [9.17, 15) is 0 Å². The minimum Gasteiger partial charge on any atom is -0.315 e. The molecule has 0 heterocycles. The smallest absolute Gasteiger partial charge is 0.0255 e. The monoisotopic (exact) mass is 247 g/mol. The molecule has 4 aliphatic rings. The Hall–Kier alpha value is -1.60. The molecular weight excluding hydrogens is 230 g/mol. The maximum Gasteiger partial charge on any atom is 0.0255 e. The summed E-state index contributed by atoms with van der Waals surface area (Å²) in [7, 11) is 2.13. The molecule has 1 nitrogen and oxygen atoms in total. The fourth-order valence-corrected chi connectivity index (χ4v) is 4.77. The summed E-state index contributed by atoms with van der Waals surface area (Å²) in [5.74, 6) is 2.04. The van der Waals surface area contributed by atoms with E-state index in [0.717, 1.165) is 12.3 Å². The average molecular weight is 247 g/mol. The van der Waals surface area contributed by atoms with Crippen LogP contribution in [0, 0.1) is 5.92 Å². The predicted octanol–water partition coefficient (Wildman–Crippen LogP) is 3.28. The lowest BCUT2D eigenvalue weighted by Gasteiger charge is -2.37. The van der Waals surface area contributed by atoms with E-state index in [1.807, 2.05) is 0 Å². The van der Waals surface area contributed by atoms with Gasteiger partial charge in [0.25, 0.3) is 0 Å². The molecular formula is C18H17N. The van der Waals surface area contributed by atoms with E-state index in [0.29, 0.717) is 17.9 Å².